The van der Waals surface area contributed by atoms with Gasteiger partial charge in [0.05, 0.1) is 5.51 Å². The van der Waals surface area contributed by atoms with E-state index in [0.29, 0.717) is 0 Å². The summed E-state index contributed by atoms with van der Waals surface area (Å²) in [6.07, 6.45) is 2.78. The molecule has 1 unspecified atom stereocenters. The SMILES string of the molecule is NC(Cc1cncs1)c1cccs1. The van der Waals surface area contributed by atoms with Crippen LogP contribution in [-0.2, 0) is 6.42 Å². The van der Waals surface area contributed by atoms with Crippen molar-refractivity contribution in [2.45, 2.75) is 12.5 Å². The Morgan fingerprint density at radius 1 is 1.46 bits per heavy atom. The molecule has 0 spiro atoms. The Morgan fingerprint density at radius 2 is 2.38 bits per heavy atom. The third-order valence-corrected chi connectivity index (χ3v) is 3.62. The van der Waals surface area contributed by atoms with Gasteiger partial charge in [-0.3, -0.25) is 4.98 Å². The lowest BCUT2D eigenvalue weighted by atomic mass is 10.2. The van der Waals surface area contributed by atoms with Crippen molar-refractivity contribution in [3.05, 3.63) is 39.0 Å². The third-order valence-electron chi connectivity index (χ3n) is 1.81. The fourth-order valence-corrected chi connectivity index (χ4v) is 2.55. The van der Waals surface area contributed by atoms with Gasteiger partial charge in [-0.1, -0.05) is 6.07 Å². The molecule has 0 aliphatic heterocycles. The second kappa shape index (κ2) is 4.00. The van der Waals surface area contributed by atoms with Crippen LogP contribution in [0.15, 0.2) is 29.2 Å². The molecule has 0 aromatic carbocycles. The molecule has 2 aromatic heterocycles. The molecule has 68 valence electrons. The number of thiophene rings is 1. The Morgan fingerprint density at radius 3 is 3.00 bits per heavy atom. The van der Waals surface area contributed by atoms with Crippen molar-refractivity contribution in [2.24, 2.45) is 5.73 Å². The summed E-state index contributed by atoms with van der Waals surface area (Å²) in [5.41, 5.74) is 7.86. The maximum absolute atomic E-state index is 6.02. The van der Waals surface area contributed by atoms with E-state index in [9.17, 15) is 0 Å². The molecule has 2 heterocycles. The van der Waals surface area contributed by atoms with Crippen molar-refractivity contribution in [2.75, 3.05) is 0 Å². The van der Waals surface area contributed by atoms with Crippen LogP contribution in [0.25, 0.3) is 0 Å². The van der Waals surface area contributed by atoms with Gasteiger partial charge in [0.15, 0.2) is 0 Å². The van der Waals surface area contributed by atoms with Crippen molar-refractivity contribution in [3.8, 4) is 0 Å². The minimum absolute atomic E-state index is 0.125. The molecule has 0 aliphatic rings. The highest BCUT2D eigenvalue weighted by atomic mass is 32.1. The highest BCUT2D eigenvalue weighted by Crippen LogP contribution is 2.21. The lowest BCUT2D eigenvalue weighted by molar-refractivity contribution is 0.744. The number of nitrogens with two attached hydrogens (primary N) is 1. The van der Waals surface area contributed by atoms with Crippen molar-refractivity contribution in [1.29, 1.82) is 0 Å². The van der Waals surface area contributed by atoms with E-state index in [1.807, 2.05) is 17.8 Å². The fraction of sp³-hybridized carbons (Fsp3) is 0.222. The zero-order valence-corrected chi connectivity index (χ0v) is 8.65. The van der Waals surface area contributed by atoms with Crippen LogP contribution >= 0.6 is 22.7 Å². The molecule has 0 fully saturated rings. The van der Waals surface area contributed by atoms with Crippen LogP contribution in [0.1, 0.15) is 15.8 Å². The average Bonchev–Trinajstić information content (AvgIpc) is 2.74. The first kappa shape index (κ1) is 8.87. The van der Waals surface area contributed by atoms with Crippen molar-refractivity contribution in [3.63, 3.8) is 0 Å². The van der Waals surface area contributed by atoms with Gasteiger partial charge < -0.3 is 5.73 Å². The average molecular weight is 210 g/mol. The minimum Gasteiger partial charge on any atom is -0.323 e. The summed E-state index contributed by atoms with van der Waals surface area (Å²) < 4.78 is 0. The number of thiazole rings is 1. The smallest absolute Gasteiger partial charge is 0.0794 e. The van der Waals surface area contributed by atoms with Crippen molar-refractivity contribution in [1.82, 2.24) is 4.98 Å². The number of aromatic nitrogens is 1. The number of hydrogen-bond donors (Lipinski definition) is 1. The molecule has 0 aliphatic carbocycles. The summed E-state index contributed by atoms with van der Waals surface area (Å²) in [5.74, 6) is 0. The van der Waals surface area contributed by atoms with Gasteiger partial charge in [0.1, 0.15) is 0 Å². The predicted molar refractivity (Wildman–Crippen MR) is 57.1 cm³/mol. The van der Waals surface area contributed by atoms with E-state index in [-0.39, 0.29) is 6.04 Å². The van der Waals surface area contributed by atoms with Crippen LogP contribution in [0.3, 0.4) is 0 Å². The van der Waals surface area contributed by atoms with Crippen LogP contribution in [0.4, 0.5) is 0 Å². The third kappa shape index (κ3) is 2.15. The van der Waals surface area contributed by atoms with E-state index in [2.05, 4.69) is 16.4 Å². The van der Waals surface area contributed by atoms with Gasteiger partial charge in [0.25, 0.3) is 0 Å². The second-order valence-corrected chi connectivity index (χ2v) is 4.74. The molecule has 2 nitrogen and oxygen atoms in total. The van der Waals surface area contributed by atoms with E-state index in [1.54, 1.807) is 22.7 Å². The minimum atomic E-state index is 0.125. The van der Waals surface area contributed by atoms with Crippen molar-refractivity contribution >= 4 is 22.7 Å². The zero-order chi connectivity index (χ0) is 9.10. The Labute approximate surface area is 85.1 Å². The standard InChI is InChI=1S/C9H10N2S2/c10-8(9-2-1-3-12-9)4-7-5-11-6-13-7/h1-3,5-6,8H,4,10H2. The zero-order valence-electron chi connectivity index (χ0n) is 7.01. The second-order valence-electron chi connectivity index (χ2n) is 2.79. The number of nitrogens with zero attached hydrogens (tertiary/aromatic N) is 1. The van der Waals surface area contributed by atoms with Crippen LogP contribution in [0.5, 0.6) is 0 Å². The van der Waals surface area contributed by atoms with Gasteiger partial charge in [-0.15, -0.1) is 22.7 Å². The predicted octanol–water partition coefficient (Wildman–Crippen LogP) is 2.45. The molecule has 0 amide bonds. The highest BCUT2D eigenvalue weighted by Gasteiger charge is 2.08. The first-order valence-corrected chi connectivity index (χ1v) is 5.78. The molecule has 2 N–H and O–H groups in total. The summed E-state index contributed by atoms with van der Waals surface area (Å²) in [4.78, 5) is 6.52. The Bertz CT molecular complexity index is 340. The highest BCUT2D eigenvalue weighted by molar-refractivity contribution is 7.10. The van der Waals surface area contributed by atoms with Gasteiger partial charge in [0.2, 0.25) is 0 Å². The Hall–Kier alpha value is -0.710. The lowest BCUT2D eigenvalue weighted by Gasteiger charge is -2.06. The Balaban J connectivity index is 2.04. The molecular formula is C9H10N2S2. The molecular weight excluding hydrogens is 200 g/mol. The van der Waals surface area contributed by atoms with E-state index in [1.165, 1.54) is 9.75 Å². The van der Waals surface area contributed by atoms with E-state index in [0.717, 1.165) is 6.42 Å². The van der Waals surface area contributed by atoms with Crippen LogP contribution in [0.2, 0.25) is 0 Å². The van der Waals surface area contributed by atoms with Crippen LogP contribution in [-0.4, -0.2) is 4.98 Å². The maximum Gasteiger partial charge on any atom is 0.0794 e. The quantitative estimate of drug-likeness (QED) is 0.845. The number of rotatable bonds is 3. The van der Waals surface area contributed by atoms with Gasteiger partial charge in [0, 0.05) is 28.4 Å². The van der Waals surface area contributed by atoms with Gasteiger partial charge in [-0.25, -0.2) is 0 Å². The molecule has 2 aromatic rings. The van der Waals surface area contributed by atoms with Crippen LogP contribution in [0, 0.1) is 0 Å². The fourth-order valence-electron chi connectivity index (χ4n) is 1.16. The largest absolute Gasteiger partial charge is 0.323 e. The molecule has 0 bridgehead atoms. The molecule has 2 rings (SSSR count). The van der Waals surface area contributed by atoms with E-state index >= 15 is 0 Å². The van der Waals surface area contributed by atoms with Gasteiger partial charge >= 0.3 is 0 Å². The van der Waals surface area contributed by atoms with Crippen LogP contribution < -0.4 is 5.73 Å². The summed E-state index contributed by atoms with van der Waals surface area (Å²) in [7, 11) is 0. The molecule has 4 heteroatoms. The summed E-state index contributed by atoms with van der Waals surface area (Å²) >= 11 is 3.37. The first-order chi connectivity index (χ1) is 6.36. The summed E-state index contributed by atoms with van der Waals surface area (Å²) in [5, 5.41) is 2.06. The maximum atomic E-state index is 6.02. The van der Waals surface area contributed by atoms with Crippen molar-refractivity contribution < 1.29 is 0 Å². The molecule has 0 saturated carbocycles. The molecule has 13 heavy (non-hydrogen) atoms. The van der Waals surface area contributed by atoms with E-state index < -0.39 is 0 Å². The lowest BCUT2D eigenvalue weighted by Crippen LogP contribution is -2.10. The van der Waals surface area contributed by atoms with Gasteiger partial charge in [-0.2, -0.15) is 0 Å². The normalized spacial score (nSPS) is 13.0. The monoisotopic (exact) mass is 210 g/mol. The molecule has 0 saturated heterocycles. The topological polar surface area (TPSA) is 38.9 Å². The first-order valence-electron chi connectivity index (χ1n) is 4.02. The number of hydrogen-bond acceptors (Lipinski definition) is 4. The summed E-state index contributed by atoms with van der Waals surface area (Å²) in [6.45, 7) is 0. The Kier molecular flexibility index (Phi) is 2.73. The van der Waals surface area contributed by atoms with Gasteiger partial charge in [-0.05, 0) is 11.4 Å². The van der Waals surface area contributed by atoms with E-state index in [4.69, 9.17) is 5.73 Å². The molecule has 1 atom stereocenters. The summed E-state index contributed by atoms with van der Waals surface area (Å²) in [6, 6.07) is 4.24. The molecule has 0 radical (unpaired) electrons.